The van der Waals surface area contributed by atoms with E-state index in [9.17, 15) is 9.59 Å². The molecule has 2 aromatic carbocycles. The Morgan fingerprint density at radius 1 is 1.19 bits per heavy atom. The molecule has 0 atom stereocenters. The molecule has 1 amide bonds. The highest BCUT2D eigenvalue weighted by molar-refractivity contribution is 7.99. The van der Waals surface area contributed by atoms with Crippen LogP contribution >= 0.6 is 23.4 Å². The molecule has 1 aliphatic rings. The van der Waals surface area contributed by atoms with Crippen LogP contribution in [-0.2, 0) is 11.3 Å². The quantitative estimate of drug-likeness (QED) is 0.506. The molecule has 0 unspecified atom stereocenters. The Labute approximate surface area is 165 Å². The summed E-state index contributed by atoms with van der Waals surface area (Å²) in [5, 5.41) is 4.79. The van der Waals surface area contributed by atoms with Crippen molar-refractivity contribution in [1.29, 1.82) is 0 Å². The van der Waals surface area contributed by atoms with Crippen molar-refractivity contribution in [3.8, 4) is 0 Å². The fourth-order valence-electron chi connectivity index (χ4n) is 2.87. The van der Waals surface area contributed by atoms with Gasteiger partial charge in [-0.1, -0.05) is 47.6 Å². The molecule has 1 aliphatic carbocycles. The van der Waals surface area contributed by atoms with Gasteiger partial charge in [-0.05, 0) is 42.7 Å². The zero-order valence-corrected chi connectivity index (χ0v) is 16.1. The molecule has 4 rings (SSSR count). The van der Waals surface area contributed by atoms with E-state index in [1.165, 1.54) is 11.8 Å². The van der Waals surface area contributed by atoms with Gasteiger partial charge < -0.3 is 5.32 Å². The van der Waals surface area contributed by atoms with Gasteiger partial charge in [-0.15, -0.1) is 0 Å². The first-order valence-corrected chi connectivity index (χ1v) is 10.1. The number of hydrogen-bond donors (Lipinski definition) is 1. The normalized spacial score (nSPS) is 13.7. The maximum Gasteiger partial charge on any atom is 0.262 e. The Morgan fingerprint density at radius 3 is 2.67 bits per heavy atom. The average molecular weight is 400 g/mol. The van der Waals surface area contributed by atoms with E-state index in [1.807, 2.05) is 30.3 Å². The van der Waals surface area contributed by atoms with E-state index in [4.69, 9.17) is 11.6 Å². The van der Waals surface area contributed by atoms with Crippen molar-refractivity contribution < 1.29 is 4.79 Å². The van der Waals surface area contributed by atoms with Gasteiger partial charge in [0, 0.05) is 17.6 Å². The third kappa shape index (κ3) is 4.17. The van der Waals surface area contributed by atoms with E-state index in [1.54, 1.807) is 22.8 Å². The Kier molecular flexibility index (Phi) is 5.18. The molecule has 1 N–H and O–H groups in total. The van der Waals surface area contributed by atoms with Gasteiger partial charge in [0.15, 0.2) is 5.16 Å². The van der Waals surface area contributed by atoms with E-state index in [-0.39, 0.29) is 23.3 Å². The molecular weight excluding hydrogens is 382 g/mol. The highest BCUT2D eigenvalue weighted by Crippen LogP contribution is 2.36. The molecule has 7 heteroatoms. The van der Waals surface area contributed by atoms with E-state index >= 15 is 0 Å². The maximum atomic E-state index is 12.8. The maximum absolute atomic E-state index is 12.8. The van der Waals surface area contributed by atoms with Gasteiger partial charge in [0.1, 0.15) is 0 Å². The Bertz CT molecular complexity index is 1050. The number of fused-ring (bicyclic) bond motifs is 1. The van der Waals surface area contributed by atoms with Crippen LogP contribution in [0.3, 0.4) is 0 Å². The smallest absolute Gasteiger partial charge is 0.262 e. The summed E-state index contributed by atoms with van der Waals surface area (Å²) >= 11 is 7.17. The lowest BCUT2D eigenvalue weighted by molar-refractivity contribution is -0.118. The van der Waals surface area contributed by atoms with Crippen LogP contribution in [0.1, 0.15) is 24.4 Å². The fourth-order valence-corrected chi connectivity index (χ4v) is 3.89. The van der Waals surface area contributed by atoms with Crippen molar-refractivity contribution >= 4 is 40.2 Å². The van der Waals surface area contributed by atoms with Gasteiger partial charge in [-0.3, -0.25) is 14.2 Å². The van der Waals surface area contributed by atoms with Gasteiger partial charge in [0.25, 0.3) is 5.56 Å². The summed E-state index contributed by atoms with van der Waals surface area (Å²) < 4.78 is 1.75. The average Bonchev–Trinajstić information content (AvgIpc) is 3.51. The third-order valence-electron chi connectivity index (χ3n) is 4.42. The molecule has 0 saturated heterocycles. The first-order chi connectivity index (χ1) is 13.1. The Morgan fingerprint density at radius 2 is 1.93 bits per heavy atom. The van der Waals surface area contributed by atoms with E-state index in [0.717, 1.165) is 18.4 Å². The van der Waals surface area contributed by atoms with Gasteiger partial charge in [-0.25, -0.2) is 4.98 Å². The predicted octanol–water partition coefficient (Wildman–Crippen LogP) is 3.79. The van der Waals surface area contributed by atoms with Gasteiger partial charge in [-0.2, -0.15) is 0 Å². The lowest BCUT2D eigenvalue weighted by Gasteiger charge is -2.12. The van der Waals surface area contributed by atoms with Gasteiger partial charge >= 0.3 is 0 Å². The minimum Gasteiger partial charge on any atom is -0.351 e. The largest absolute Gasteiger partial charge is 0.351 e. The lowest BCUT2D eigenvalue weighted by atomic mass is 10.2. The molecule has 0 aliphatic heterocycles. The number of amides is 1. The van der Waals surface area contributed by atoms with Gasteiger partial charge in [0.05, 0.1) is 16.7 Å². The minimum atomic E-state index is -0.0975. The molecule has 138 valence electrons. The zero-order valence-electron chi connectivity index (χ0n) is 14.5. The van der Waals surface area contributed by atoms with Crippen molar-refractivity contribution in [3.05, 3.63) is 69.5 Å². The predicted molar refractivity (Wildman–Crippen MR) is 108 cm³/mol. The summed E-state index contributed by atoms with van der Waals surface area (Å²) in [6.07, 6.45) is 1.96. The molecule has 5 nitrogen and oxygen atoms in total. The summed E-state index contributed by atoms with van der Waals surface area (Å²) in [7, 11) is 0. The molecular formula is C20H18ClN3O2S. The number of nitrogens with zero attached hydrogens (tertiary/aromatic N) is 2. The van der Waals surface area contributed by atoms with Crippen LogP contribution in [0.25, 0.3) is 10.9 Å². The second kappa shape index (κ2) is 7.74. The van der Waals surface area contributed by atoms with Crippen molar-refractivity contribution in [2.75, 3.05) is 5.75 Å². The molecule has 0 bridgehead atoms. The van der Waals surface area contributed by atoms with E-state index < -0.39 is 0 Å². The highest BCUT2D eigenvalue weighted by atomic mass is 35.5. The minimum absolute atomic E-state index is 0.0211. The number of carbonyl (C=O) groups excluding carboxylic acids is 1. The van der Waals surface area contributed by atoms with Crippen LogP contribution in [0.2, 0.25) is 5.02 Å². The first-order valence-electron chi connectivity index (χ1n) is 8.77. The molecule has 3 aromatic rings. The van der Waals surface area contributed by atoms with Crippen LogP contribution in [0, 0.1) is 0 Å². The van der Waals surface area contributed by atoms with Crippen LogP contribution in [0.4, 0.5) is 0 Å². The number of hydrogen-bond acceptors (Lipinski definition) is 4. The van der Waals surface area contributed by atoms with Crippen molar-refractivity contribution in [3.63, 3.8) is 0 Å². The number of rotatable bonds is 6. The van der Waals surface area contributed by atoms with Crippen LogP contribution in [-0.4, -0.2) is 21.2 Å². The number of para-hydroxylation sites is 1. The van der Waals surface area contributed by atoms with Crippen LogP contribution < -0.4 is 10.9 Å². The highest BCUT2D eigenvalue weighted by Gasteiger charge is 2.28. The molecule has 0 spiro atoms. The number of aromatic nitrogens is 2. The van der Waals surface area contributed by atoms with Crippen molar-refractivity contribution in [2.24, 2.45) is 0 Å². The lowest BCUT2D eigenvalue weighted by Crippen LogP contribution is -2.26. The summed E-state index contributed by atoms with van der Waals surface area (Å²) in [6, 6.07) is 14.9. The van der Waals surface area contributed by atoms with Crippen LogP contribution in [0.15, 0.2) is 58.5 Å². The van der Waals surface area contributed by atoms with Gasteiger partial charge in [0.2, 0.25) is 5.91 Å². The Hall–Kier alpha value is -2.31. The second-order valence-corrected chi connectivity index (χ2v) is 7.89. The monoisotopic (exact) mass is 399 g/mol. The third-order valence-corrected chi connectivity index (χ3v) is 5.63. The number of halogens is 1. The number of nitrogens with one attached hydrogen (secondary N) is 1. The van der Waals surface area contributed by atoms with Crippen LogP contribution in [0.5, 0.6) is 0 Å². The summed E-state index contributed by atoms with van der Waals surface area (Å²) in [5.41, 5.74) is 1.63. The molecule has 27 heavy (non-hydrogen) atoms. The Balaban J connectivity index is 1.46. The van der Waals surface area contributed by atoms with E-state index in [0.29, 0.717) is 27.6 Å². The molecule has 1 aromatic heterocycles. The number of thioether (sulfide) groups is 1. The summed E-state index contributed by atoms with van der Waals surface area (Å²) in [5.74, 6) is 0.116. The molecule has 0 radical (unpaired) electrons. The first kappa shape index (κ1) is 18.1. The fraction of sp³-hybridized carbons (Fsp3) is 0.250. The molecule has 1 heterocycles. The topological polar surface area (TPSA) is 64.0 Å². The van der Waals surface area contributed by atoms with E-state index in [2.05, 4.69) is 10.3 Å². The number of benzene rings is 2. The van der Waals surface area contributed by atoms with Crippen molar-refractivity contribution in [1.82, 2.24) is 14.9 Å². The zero-order chi connectivity index (χ0) is 18.8. The second-order valence-electron chi connectivity index (χ2n) is 6.51. The SMILES string of the molecule is O=C(CSc1nc2ccccc2c(=O)n1C1CC1)NCc1ccc(Cl)cc1. The summed E-state index contributed by atoms with van der Waals surface area (Å²) in [4.78, 5) is 29.7. The molecule has 1 fully saturated rings. The molecule has 1 saturated carbocycles. The summed E-state index contributed by atoms with van der Waals surface area (Å²) in [6.45, 7) is 0.442. The number of carbonyl (C=O) groups is 1. The standard InChI is InChI=1S/C20H18ClN3O2S/c21-14-7-5-13(6-8-14)11-22-18(25)12-27-20-23-17-4-2-1-3-16(17)19(26)24(20)15-9-10-15/h1-8,15H,9-12H2,(H,22,25). The van der Waals surface area contributed by atoms with Crippen molar-refractivity contribution in [2.45, 2.75) is 30.6 Å².